The van der Waals surface area contributed by atoms with E-state index in [9.17, 15) is 18.0 Å². The maximum atomic E-state index is 12.5. The Hall–Kier alpha value is -2.05. The van der Waals surface area contributed by atoms with Crippen molar-refractivity contribution in [3.05, 3.63) is 41.8 Å². The van der Waals surface area contributed by atoms with Gasteiger partial charge < -0.3 is 5.73 Å². The van der Waals surface area contributed by atoms with E-state index in [0.29, 0.717) is 5.69 Å². The molecule has 2 rings (SSSR count). The Morgan fingerprint density at radius 3 is 2.58 bits per heavy atom. The van der Waals surface area contributed by atoms with Gasteiger partial charge in [-0.25, -0.2) is 0 Å². The summed E-state index contributed by atoms with van der Waals surface area (Å²) in [6.45, 7) is 0. The number of nitrogens with two attached hydrogens (primary N) is 1. The van der Waals surface area contributed by atoms with Gasteiger partial charge >= 0.3 is 6.18 Å². The van der Waals surface area contributed by atoms with Gasteiger partial charge in [-0.1, -0.05) is 18.2 Å². The summed E-state index contributed by atoms with van der Waals surface area (Å²) in [5.74, 6) is -0.722. The monoisotopic (exact) mass is 271 g/mol. The first kappa shape index (κ1) is 13.4. The lowest BCUT2D eigenvalue weighted by molar-refractivity contribution is -0.122. The van der Waals surface area contributed by atoms with Crippen LogP contribution in [0, 0.1) is 0 Å². The van der Waals surface area contributed by atoms with Crippen LogP contribution in [0.3, 0.4) is 0 Å². The summed E-state index contributed by atoms with van der Waals surface area (Å²) in [6, 6.07) is 1.57. The van der Waals surface area contributed by atoms with Crippen molar-refractivity contribution in [2.24, 2.45) is 12.8 Å². The van der Waals surface area contributed by atoms with Crippen LogP contribution in [0.1, 0.15) is 12.1 Å². The largest absolute Gasteiger partial charge is 0.416 e. The summed E-state index contributed by atoms with van der Waals surface area (Å²) in [5.41, 5.74) is 3.60. The molecule has 1 aromatic rings. The van der Waals surface area contributed by atoms with Crippen molar-refractivity contribution in [2.75, 3.05) is 0 Å². The zero-order chi connectivity index (χ0) is 14.3. The van der Waals surface area contributed by atoms with Crippen molar-refractivity contribution >= 4 is 5.91 Å². The number of carbonyl (C=O) groups excluding carboxylic acids is 1. The number of aromatic nitrogens is 2. The average Bonchev–Trinajstić information content (AvgIpc) is 2.75. The molecular formula is C12H12F3N3O. The van der Waals surface area contributed by atoms with Crippen molar-refractivity contribution < 1.29 is 18.0 Å². The van der Waals surface area contributed by atoms with Crippen LogP contribution in [-0.2, 0) is 17.3 Å². The molecular weight excluding hydrogens is 259 g/mol. The molecule has 7 heteroatoms. The number of rotatable bonds is 2. The number of hydrogen-bond donors (Lipinski definition) is 1. The molecule has 0 saturated carbocycles. The Bertz CT molecular complexity index is 571. The molecule has 0 saturated heterocycles. The van der Waals surface area contributed by atoms with Gasteiger partial charge in [-0.3, -0.25) is 9.48 Å². The lowest BCUT2D eigenvalue weighted by atomic mass is 9.76. The molecule has 102 valence electrons. The standard InChI is InChI=1S/C12H12F3N3O/c1-18-7-4-9(17-18)11(10(16)19)5-2-8(3-6-11)12(13,14)15/h2-5,7H,6H2,1H3,(H2,16,19). The van der Waals surface area contributed by atoms with Crippen LogP contribution in [0.4, 0.5) is 13.2 Å². The van der Waals surface area contributed by atoms with Gasteiger partial charge in [0.25, 0.3) is 0 Å². The fourth-order valence-electron chi connectivity index (χ4n) is 2.00. The Kier molecular flexibility index (Phi) is 3.00. The second-order valence-corrected chi connectivity index (χ2v) is 4.40. The molecule has 1 amide bonds. The topological polar surface area (TPSA) is 60.9 Å². The summed E-state index contributed by atoms with van der Waals surface area (Å²) in [4.78, 5) is 11.7. The number of carbonyl (C=O) groups is 1. The van der Waals surface area contributed by atoms with E-state index >= 15 is 0 Å². The van der Waals surface area contributed by atoms with Gasteiger partial charge in [0.2, 0.25) is 5.91 Å². The smallest absolute Gasteiger partial charge is 0.369 e. The predicted octanol–water partition coefficient (Wildman–Crippen LogP) is 1.59. The number of aryl methyl sites for hydroxylation is 1. The first-order valence-electron chi connectivity index (χ1n) is 5.52. The number of hydrogen-bond acceptors (Lipinski definition) is 2. The molecule has 1 aromatic heterocycles. The molecule has 1 aliphatic carbocycles. The normalized spacial score (nSPS) is 23.3. The van der Waals surface area contributed by atoms with Gasteiger partial charge in [0.1, 0.15) is 5.41 Å². The molecule has 19 heavy (non-hydrogen) atoms. The van der Waals surface area contributed by atoms with Gasteiger partial charge in [-0.05, 0) is 12.5 Å². The van der Waals surface area contributed by atoms with E-state index in [0.717, 1.165) is 12.2 Å². The molecule has 0 bridgehead atoms. The highest BCUT2D eigenvalue weighted by Gasteiger charge is 2.42. The SMILES string of the molecule is Cn1ccc(C2(C(N)=O)C=CC(C(F)(F)F)=CC2)n1. The zero-order valence-electron chi connectivity index (χ0n) is 10.1. The number of halogens is 3. The van der Waals surface area contributed by atoms with Crippen LogP contribution < -0.4 is 5.73 Å². The minimum atomic E-state index is -4.43. The summed E-state index contributed by atoms with van der Waals surface area (Å²) in [6.07, 6.45) is 0.0643. The predicted molar refractivity (Wildman–Crippen MR) is 62.0 cm³/mol. The number of primary amides is 1. The van der Waals surface area contributed by atoms with Crippen LogP contribution in [0.2, 0.25) is 0 Å². The van der Waals surface area contributed by atoms with E-state index in [1.807, 2.05) is 0 Å². The summed E-state index contributed by atoms with van der Waals surface area (Å²) < 4.78 is 39.1. The Labute approximate surface area is 107 Å². The molecule has 1 unspecified atom stereocenters. The van der Waals surface area contributed by atoms with Crippen LogP contribution >= 0.6 is 0 Å². The molecule has 1 aliphatic rings. The first-order chi connectivity index (χ1) is 8.75. The summed E-state index contributed by atoms with van der Waals surface area (Å²) >= 11 is 0. The summed E-state index contributed by atoms with van der Waals surface area (Å²) in [7, 11) is 1.65. The lowest BCUT2D eigenvalue weighted by Gasteiger charge is -2.27. The first-order valence-corrected chi connectivity index (χ1v) is 5.52. The van der Waals surface area contributed by atoms with Crippen LogP contribution in [0.5, 0.6) is 0 Å². The van der Waals surface area contributed by atoms with Crippen LogP contribution in [0.15, 0.2) is 36.1 Å². The second kappa shape index (κ2) is 4.25. The Morgan fingerprint density at radius 1 is 1.53 bits per heavy atom. The van der Waals surface area contributed by atoms with Crippen molar-refractivity contribution in [1.29, 1.82) is 0 Å². The quantitative estimate of drug-likeness (QED) is 0.888. The fourth-order valence-corrected chi connectivity index (χ4v) is 2.00. The van der Waals surface area contributed by atoms with E-state index in [-0.39, 0.29) is 6.42 Å². The number of amides is 1. The molecule has 0 radical (unpaired) electrons. The van der Waals surface area contributed by atoms with Gasteiger partial charge in [0.15, 0.2) is 0 Å². The highest BCUT2D eigenvalue weighted by atomic mass is 19.4. The Morgan fingerprint density at radius 2 is 2.21 bits per heavy atom. The number of nitrogens with zero attached hydrogens (tertiary/aromatic N) is 2. The van der Waals surface area contributed by atoms with E-state index in [1.165, 1.54) is 10.8 Å². The molecule has 2 N–H and O–H groups in total. The number of allylic oxidation sites excluding steroid dienone is 3. The van der Waals surface area contributed by atoms with Crippen LogP contribution in [-0.4, -0.2) is 21.9 Å². The second-order valence-electron chi connectivity index (χ2n) is 4.40. The van der Waals surface area contributed by atoms with E-state index in [2.05, 4.69) is 5.10 Å². The molecule has 1 heterocycles. The highest BCUT2D eigenvalue weighted by molar-refractivity contribution is 5.89. The van der Waals surface area contributed by atoms with E-state index < -0.39 is 23.1 Å². The van der Waals surface area contributed by atoms with Crippen molar-refractivity contribution in [3.63, 3.8) is 0 Å². The van der Waals surface area contributed by atoms with Crippen molar-refractivity contribution in [2.45, 2.75) is 18.0 Å². The van der Waals surface area contributed by atoms with Gasteiger partial charge in [0.05, 0.1) is 11.3 Å². The van der Waals surface area contributed by atoms with Crippen LogP contribution in [0.25, 0.3) is 0 Å². The third kappa shape index (κ3) is 2.27. The van der Waals surface area contributed by atoms with E-state index in [1.54, 1.807) is 19.3 Å². The van der Waals surface area contributed by atoms with Gasteiger partial charge in [-0.15, -0.1) is 0 Å². The van der Waals surface area contributed by atoms with Gasteiger partial charge in [-0.2, -0.15) is 18.3 Å². The van der Waals surface area contributed by atoms with Gasteiger partial charge in [0, 0.05) is 13.2 Å². The van der Waals surface area contributed by atoms with Crippen molar-refractivity contribution in [1.82, 2.24) is 9.78 Å². The van der Waals surface area contributed by atoms with E-state index in [4.69, 9.17) is 5.73 Å². The highest BCUT2D eigenvalue weighted by Crippen LogP contribution is 2.37. The maximum absolute atomic E-state index is 12.5. The molecule has 1 atom stereocenters. The maximum Gasteiger partial charge on any atom is 0.416 e. The average molecular weight is 271 g/mol. The third-order valence-corrected chi connectivity index (χ3v) is 3.13. The minimum Gasteiger partial charge on any atom is -0.369 e. The summed E-state index contributed by atoms with van der Waals surface area (Å²) in [5, 5.41) is 4.07. The number of alkyl halides is 3. The fraction of sp³-hybridized carbons (Fsp3) is 0.333. The molecule has 4 nitrogen and oxygen atoms in total. The molecule has 0 fully saturated rings. The molecule has 0 aliphatic heterocycles. The third-order valence-electron chi connectivity index (χ3n) is 3.13. The lowest BCUT2D eigenvalue weighted by Crippen LogP contribution is -2.41. The zero-order valence-corrected chi connectivity index (χ0v) is 10.1. The Balaban J connectivity index is 2.40. The molecule has 0 spiro atoms. The molecule has 0 aromatic carbocycles. The minimum absolute atomic E-state index is 0.148. The van der Waals surface area contributed by atoms with Crippen molar-refractivity contribution in [3.8, 4) is 0 Å².